The molecule has 0 heterocycles. The van der Waals surface area contributed by atoms with Crippen molar-refractivity contribution >= 4 is 21.7 Å². The molecule has 0 spiro atoms. The molecule has 0 aromatic heterocycles. The molecular weight excluding hydrogens is 448 g/mol. The quantitative estimate of drug-likeness (QED) is 0.418. The second-order valence-corrected chi connectivity index (χ2v) is 10.1. The third-order valence-electron chi connectivity index (χ3n) is 7.35. The van der Waals surface area contributed by atoms with Crippen LogP contribution < -0.4 is 0 Å². The summed E-state index contributed by atoms with van der Waals surface area (Å²) in [5.74, 6) is -0.468. The Morgan fingerprint density at radius 1 is 0.471 bits per heavy atom. The van der Waals surface area contributed by atoms with Crippen molar-refractivity contribution in [3.63, 3.8) is 0 Å². The van der Waals surface area contributed by atoms with Crippen molar-refractivity contribution in [2.45, 2.75) is 98.3 Å². The number of fused-ring (bicyclic) bond motifs is 2. The summed E-state index contributed by atoms with van der Waals surface area (Å²) >= 11 is 0. The van der Waals surface area contributed by atoms with Gasteiger partial charge in [0.05, 0.1) is 0 Å². The molecule has 0 unspecified atom stereocenters. The van der Waals surface area contributed by atoms with Gasteiger partial charge < -0.3 is 0 Å². The molecule has 0 atom stereocenters. The lowest BCUT2D eigenvalue weighted by Crippen LogP contribution is -2.31. The zero-order chi connectivity index (χ0) is 25.5. The van der Waals surface area contributed by atoms with Crippen LogP contribution in [0, 0.1) is 0 Å². The molecule has 0 saturated heterocycles. The first kappa shape index (κ1) is 26.3. The van der Waals surface area contributed by atoms with E-state index < -0.39 is 10.1 Å². The predicted octanol–water partition coefficient (Wildman–Crippen LogP) is 5.65. The summed E-state index contributed by atoms with van der Waals surface area (Å²) in [6, 6.07) is 0. The SMILES string of the molecule is CCc1c(CC)c(CC)c2c(c1CC)C(=O)c1c(CC)c(CC)c(S(=O)(=O)O)c(CC)c1C2=O. The van der Waals surface area contributed by atoms with Gasteiger partial charge in [-0.2, -0.15) is 8.42 Å². The van der Waals surface area contributed by atoms with Crippen LogP contribution in [0.2, 0.25) is 0 Å². The monoisotopic (exact) mass is 484 g/mol. The fourth-order valence-corrected chi connectivity index (χ4v) is 7.29. The Balaban J connectivity index is 2.66. The standard InChI is InChI=1S/C28H36O5S/c1-8-15-16(9-2)18(11-4)23-22(17(15)10-3)26(29)24-19(12-5)20(13-6)28(34(31,32)33)21(14-7)25(24)27(23)30/h8-14H2,1-7H3,(H,31,32,33). The van der Waals surface area contributed by atoms with Crippen LogP contribution in [0.5, 0.6) is 0 Å². The summed E-state index contributed by atoms with van der Waals surface area (Å²) in [4.78, 5) is 28.4. The van der Waals surface area contributed by atoms with Gasteiger partial charge in [0, 0.05) is 22.3 Å². The first-order valence-corrected chi connectivity index (χ1v) is 14.0. The lowest BCUT2D eigenvalue weighted by molar-refractivity contribution is 0.0975. The Labute approximate surface area is 203 Å². The molecule has 34 heavy (non-hydrogen) atoms. The largest absolute Gasteiger partial charge is 0.295 e. The van der Waals surface area contributed by atoms with Crippen molar-refractivity contribution in [2.24, 2.45) is 0 Å². The summed E-state index contributed by atoms with van der Waals surface area (Å²) < 4.78 is 35.3. The van der Waals surface area contributed by atoms with Crippen molar-refractivity contribution in [1.82, 2.24) is 0 Å². The number of carbonyl (C=O) groups is 2. The number of benzene rings is 2. The average Bonchev–Trinajstić information content (AvgIpc) is 2.82. The number of hydrogen-bond donors (Lipinski definition) is 1. The van der Waals surface area contributed by atoms with E-state index in [2.05, 4.69) is 13.8 Å². The highest BCUT2D eigenvalue weighted by molar-refractivity contribution is 7.86. The Morgan fingerprint density at radius 3 is 1.00 bits per heavy atom. The van der Waals surface area contributed by atoms with Gasteiger partial charge in [0.1, 0.15) is 4.90 Å². The van der Waals surface area contributed by atoms with Crippen LogP contribution in [0.15, 0.2) is 4.90 Å². The number of hydrogen-bond acceptors (Lipinski definition) is 4. The summed E-state index contributed by atoms with van der Waals surface area (Å²) in [7, 11) is -4.59. The minimum atomic E-state index is -4.59. The van der Waals surface area contributed by atoms with E-state index in [0.29, 0.717) is 53.5 Å². The smallest absolute Gasteiger partial charge is 0.289 e. The zero-order valence-corrected chi connectivity index (χ0v) is 22.3. The molecule has 0 radical (unpaired) electrons. The molecular formula is C28H36O5S. The highest BCUT2D eigenvalue weighted by atomic mass is 32.2. The Hall–Kier alpha value is -2.31. The van der Waals surface area contributed by atoms with Crippen molar-refractivity contribution in [1.29, 1.82) is 0 Å². The highest BCUT2D eigenvalue weighted by Crippen LogP contribution is 2.43. The topological polar surface area (TPSA) is 88.5 Å². The molecule has 0 saturated carbocycles. The lowest BCUT2D eigenvalue weighted by atomic mass is 9.71. The molecule has 2 aromatic carbocycles. The fourth-order valence-electron chi connectivity index (χ4n) is 6.15. The van der Waals surface area contributed by atoms with Gasteiger partial charge in [-0.3, -0.25) is 14.1 Å². The van der Waals surface area contributed by atoms with E-state index in [1.165, 1.54) is 0 Å². The van der Waals surface area contributed by atoms with E-state index in [-0.39, 0.29) is 34.0 Å². The van der Waals surface area contributed by atoms with Gasteiger partial charge in [-0.15, -0.1) is 0 Å². The maximum Gasteiger partial charge on any atom is 0.295 e. The van der Waals surface area contributed by atoms with E-state index >= 15 is 0 Å². The zero-order valence-electron chi connectivity index (χ0n) is 21.4. The molecule has 1 aliphatic carbocycles. The van der Waals surface area contributed by atoms with Crippen LogP contribution >= 0.6 is 0 Å². The van der Waals surface area contributed by atoms with Crippen molar-refractivity contribution in [2.75, 3.05) is 0 Å². The molecule has 0 amide bonds. The van der Waals surface area contributed by atoms with E-state index in [1.54, 1.807) is 6.92 Å². The van der Waals surface area contributed by atoms with Crippen LogP contribution in [0.1, 0.15) is 119 Å². The second kappa shape index (κ2) is 9.74. The highest BCUT2D eigenvalue weighted by Gasteiger charge is 2.41. The third-order valence-corrected chi connectivity index (χ3v) is 8.36. The molecule has 3 rings (SSSR count). The Morgan fingerprint density at radius 2 is 0.735 bits per heavy atom. The second-order valence-electron chi connectivity index (χ2n) is 8.79. The average molecular weight is 485 g/mol. The Kier molecular flexibility index (Phi) is 7.54. The van der Waals surface area contributed by atoms with Gasteiger partial charge in [-0.25, -0.2) is 0 Å². The van der Waals surface area contributed by atoms with Crippen molar-refractivity contribution < 1.29 is 22.6 Å². The summed E-state index contributed by atoms with van der Waals surface area (Å²) in [6.45, 7) is 13.6. The van der Waals surface area contributed by atoms with Crippen LogP contribution in [0.25, 0.3) is 0 Å². The van der Waals surface area contributed by atoms with Crippen LogP contribution in [0.3, 0.4) is 0 Å². The van der Waals surface area contributed by atoms with Gasteiger partial charge in [0.2, 0.25) is 0 Å². The number of rotatable bonds is 8. The molecule has 184 valence electrons. The minimum Gasteiger partial charge on any atom is -0.289 e. The van der Waals surface area contributed by atoms with Crippen LogP contribution in [0.4, 0.5) is 0 Å². The molecule has 6 heteroatoms. The number of carbonyl (C=O) groups excluding carboxylic acids is 2. The normalized spacial score (nSPS) is 13.3. The van der Waals surface area contributed by atoms with Crippen molar-refractivity contribution in [3.05, 3.63) is 61.2 Å². The summed E-state index contributed by atoms with van der Waals surface area (Å²) in [5.41, 5.74) is 6.82. The number of ketones is 2. The van der Waals surface area contributed by atoms with E-state index in [9.17, 15) is 22.6 Å². The van der Waals surface area contributed by atoms with Crippen LogP contribution in [-0.2, 0) is 55.1 Å². The minimum absolute atomic E-state index is 0.171. The van der Waals surface area contributed by atoms with E-state index in [1.807, 2.05) is 27.7 Å². The van der Waals surface area contributed by atoms with Gasteiger partial charge in [-0.1, -0.05) is 48.5 Å². The van der Waals surface area contributed by atoms with E-state index in [4.69, 9.17) is 0 Å². The molecule has 1 aliphatic rings. The Bertz CT molecular complexity index is 1300. The fraction of sp³-hybridized carbons (Fsp3) is 0.500. The molecule has 0 fully saturated rings. The first-order chi connectivity index (χ1) is 16.1. The van der Waals surface area contributed by atoms with Gasteiger partial charge >= 0.3 is 0 Å². The summed E-state index contributed by atoms with van der Waals surface area (Å²) in [6.07, 6.45) is 3.74. The van der Waals surface area contributed by atoms with Crippen molar-refractivity contribution in [3.8, 4) is 0 Å². The summed E-state index contributed by atoms with van der Waals surface area (Å²) in [5, 5.41) is 0. The third kappa shape index (κ3) is 3.66. The molecule has 5 nitrogen and oxygen atoms in total. The first-order valence-electron chi connectivity index (χ1n) is 12.6. The van der Waals surface area contributed by atoms with Crippen LogP contribution in [-0.4, -0.2) is 24.5 Å². The molecule has 0 bridgehead atoms. The van der Waals surface area contributed by atoms with Gasteiger partial charge in [-0.05, 0) is 83.9 Å². The van der Waals surface area contributed by atoms with Gasteiger partial charge in [0.25, 0.3) is 10.1 Å². The lowest BCUT2D eigenvalue weighted by Gasteiger charge is -2.31. The molecule has 1 N–H and O–H groups in total. The molecule has 2 aromatic rings. The maximum absolute atomic E-state index is 14.3. The predicted molar refractivity (Wildman–Crippen MR) is 135 cm³/mol. The van der Waals surface area contributed by atoms with E-state index in [0.717, 1.165) is 35.1 Å². The maximum atomic E-state index is 14.3. The van der Waals surface area contributed by atoms with Gasteiger partial charge in [0.15, 0.2) is 11.6 Å². The molecule has 0 aliphatic heterocycles.